The maximum absolute atomic E-state index is 12.8. The lowest BCUT2D eigenvalue weighted by Gasteiger charge is -2.24. The largest absolute Gasteiger partial charge is 0.382 e. The Balaban J connectivity index is 2.11. The zero-order valence-electron chi connectivity index (χ0n) is 16.1. The van der Waals surface area contributed by atoms with Gasteiger partial charge in [-0.15, -0.1) is 11.3 Å². The van der Waals surface area contributed by atoms with Crippen molar-refractivity contribution in [1.82, 2.24) is 9.80 Å². The van der Waals surface area contributed by atoms with Crippen molar-refractivity contribution in [2.45, 2.75) is 25.6 Å². The minimum Gasteiger partial charge on any atom is -0.382 e. The molecule has 0 N–H and O–H groups in total. The molecule has 1 aromatic carbocycles. The molecular weight excluding hydrogens is 384 g/mol. The Morgan fingerprint density at radius 3 is 2.30 bits per heavy atom. The molecule has 0 unspecified atom stereocenters. The molecular formula is C19H26N2O4S2. The van der Waals surface area contributed by atoms with Gasteiger partial charge in [0, 0.05) is 19.6 Å². The molecule has 27 heavy (non-hydrogen) atoms. The summed E-state index contributed by atoms with van der Waals surface area (Å²) in [5.74, 6) is 0.270. The van der Waals surface area contributed by atoms with Gasteiger partial charge < -0.3 is 14.0 Å². The zero-order chi connectivity index (χ0) is 20.0. The van der Waals surface area contributed by atoms with Crippen LogP contribution >= 0.6 is 11.3 Å². The van der Waals surface area contributed by atoms with Crippen LogP contribution in [-0.4, -0.2) is 56.6 Å². The van der Waals surface area contributed by atoms with Gasteiger partial charge in [0.2, 0.25) is 0 Å². The van der Waals surface area contributed by atoms with Gasteiger partial charge in [0.15, 0.2) is 0 Å². The van der Waals surface area contributed by atoms with E-state index < -0.39 is 15.4 Å². The molecule has 0 saturated carbocycles. The maximum atomic E-state index is 12.8. The predicted molar refractivity (Wildman–Crippen MR) is 109 cm³/mol. The van der Waals surface area contributed by atoms with E-state index in [0.717, 1.165) is 12.1 Å². The van der Waals surface area contributed by atoms with Crippen LogP contribution in [-0.2, 0) is 16.7 Å². The number of rotatable bonds is 9. The van der Waals surface area contributed by atoms with E-state index in [1.165, 1.54) is 11.3 Å². The molecule has 0 spiro atoms. The Hall–Kier alpha value is -1.90. The van der Waals surface area contributed by atoms with Gasteiger partial charge in [-0.25, -0.2) is 0 Å². The number of thiophene rings is 1. The van der Waals surface area contributed by atoms with E-state index in [1.807, 2.05) is 36.5 Å². The van der Waals surface area contributed by atoms with Gasteiger partial charge in [0.05, 0.1) is 10.1 Å². The molecule has 6 nitrogen and oxygen atoms in total. The molecule has 0 radical (unpaired) electrons. The van der Waals surface area contributed by atoms with Crippen LogP contribution in [0.4, 0.5) is 0 Å². The number of likely N-dealkylation sites (N-methyl/N-ethyl adjacent to an activating group) is 1. The minimum absolute atomic E-state index is 0.00504. The van der Waals surface area contributed by atoms with E-state index in [4.69, 9.17) is 4.18 Å². The van der Waals surface area contributed by atoms with Crippen molar-refractivity contribution in [3.05, 3.63) is 52.2 Å². The Morgan fingerprint density at radius 1 is 1.11 bits per heavy atom. The molecule has 0 aliphatic rings. The summed E-state index contributed by atoms with van der Waals surface area (Å²) in [6.45, 7) is 4.95. The van der Waals surface area contributed by atoms with E-state index >= 15 is 0 Å². The Kier molecular flexibility index (Phi) is 7.41. The Bertz CT molecular complexity index is 829. The number of carbonyl (C=O) groups is 1. The topological polar surface area (TPSA) is 66.9 Å². The molecule has 0 atom stereocenters. The van der Waals surface area contributed by atoms with Crippen molar-refractivity contribution in [3.8, 4) is 5.75 Å². The van der Waals surface area contributed by atoms with Crippen LogP contribution in [0, 0.1) is 0 Å². The van der Waals surface area contributed by atoms with E-state index in [0.29, 0.717) is 18.0 Å². The third kappa shape index (κ3) is 6.34. The predicted octanol–water partition coefficient (Wildman–Crippen LogP) is 3.07. The van der Waals surface area contributed by atoms with Crippen LogP contribution < -0.4 is 4.18 Å². The summed E-state index contributed by atoms with van der Waals surface area (Å²) >= 11 is 1.42. The van der Waals surface area contributed by atoms with Crippen molar-refractivity contribution in [2.24, 2.45) is 0 Å². The monoisotopic (exact) mass is 410 g/mol. The second-order valence-corrected chi connectivity index (χ2v) is 9.82. The molecule has 2 rings (SSSR count). The first-order valence-electron chi connectivity index (χ1n) is 8.69. The fraction of sp³-hybridized carbons (Fsp3) is 0.421. The lowest BCUT2D eigenvalue weighted by atomic mass is 10.2. The van der Waals surface area contributed by atoms with E-state index in [-0.39, 0.29) is 11.7 Å². The fourth-order valence-corrected chi connectivity index (χ4v) is 3.49. The van der Waals surface area contributed by atoms with Crippen LogP contribution in [0.2, 0.25) is 0 Å². The van der Waals surface area contributed by atoms with Crippen LogP contribution in [0.15, 0.2) is 41.8 Å². The number of hydrogen-bond donors (Lipinski definition) is 0. The summed E-state index contributed by atoms with van der Waals surface area (Å²) in [5, 5.41) is 1.28. The number of hydrogen-bond acceptors (Lipinski definition) is 6. The number of amides is 1. The molecule has 0 aliphatic carbocycles. The summed E-state index contributed by atoms with van der Waals surface area (Å²) in [4.78, 5) is 17.3. The highest BCUT2D eigenvalue weighted by atomic mass is 32.2. The van der Waals surface area contributed by atoms with Crippen molar-refractivity contribution < 1.29 is 17.4 Å². The third-order valence-electron chi connectivity index (χ3n) is 3.92. The van der Waals surface area contributed by atoms with Crippen molar-refractivity contribution >= 4 is 27.4 Å². The van der Waals surface area contributed by atoms with Gasteiger partial charge in [-0.1, -0.05) is 18.2 Å². The Labute approximate surface area is 165 Å². The third-order valence-corrected chi connectivity index (χ3v) is 6.36. The average Bonchev–Trinajstić information content (AvgIpc) is 3.13. The van der Waals surface area contributed by atoms with Gasteiger partial charge in [-0.3, -0.25) is 4.79 Å². The van der Waals surface area contributed by atoms with E-state index in [1.54, 1.807) is 43.0 Å². The lowest BCUT2D eigenvalue weighted by Crippen LogP contribution is -2.35. The molecule has 1 aromatic heterocycles. The summed E-state index contributed by atoms with van der Waals surface area (Å²) in [7, 11) is 0.318. The summed E-state index contributed by atoms with van der Waals surface area (Å²) < 4.78 is 28.8. The summed E-state index contributed by atoms with van der Waals surface area (Å²) in [5.41, 5.74) is 0.910. The molecule has 148 valence electrons. The van der Waals surface area contributed by atoms with Gasteiger partial charge in [-0.2, -0.15) is 8.42 Å². The van der Waals surface area contributed by atoms with Gasteiger partial charge in [0.25, 0.3) is 5.91 Å². The molecule has 1 heterocycles. The molecule has 0 bridgehead atoms. The first-order chi connectivity index (χ1) is 12.7. The number of benzene rings is 1. The highest BCUT2D eigenvalue weighted by Gasteiger charge is 2.19. The normalized spacial score (nSPS) is 11.8. The summed E-state index contributed by atoms with van der Waals surface area (Å²) in [6.07, 6.45) is 0. The van der Waals surface area contributed by atoms with Crippen molar-refractivity contribution in [2.75, 3.05) is 27.2 Å². The Morgan fingerprint density at radius 2 is 1.78 bits per heavy atom. The quantitative estimate of drug-likeness (QED) is 0.595. The molecule has 0 saturated heterocycles. The van der Waals surface area contributed by atoms with Gasteiger partial charge in [0.1, 0.15) is 5.75 Å². The smallest absolute Gasteiger partial charge is 0.311 e. The SMILES string of the molecule is CC(C)S(=O)(=O)Oc1ccc(CN(CCN(C)C)C(=O)c2cccs2)cc1. The van der Waals surface area contributed by atoms with Crippen LogP contribution in [0.1, 0.15) is 29.1 Å². The lowest BCUT2D eigenvalue weighted by molar-refractivity contribution is 0.0737. The van der Waals surface area contributed by atoms with Crippen LogP contribution in [0.25, 0.3) is 0 Å². The van der Waals surface area contributed by atoms with Gasteiger partial charge in [-0.05, 0) is 57.1 Å². The standard InChI is InChI=1S/C19H26N2O4S2/c1-15(2)27(23,24)25-17-9-7-16(8-10-17)14-21(12-11-20(3)4)19(22)18-6-5-13-26-18/h5-10,13,15H,11-12,14H2,1-4H3. The first-order valence-corrected chi connectivity index (χ1v) is 11.0. The second kappa shape index (κ2) is 9.34. The van der Waals surface area contributed by atoms with Crippen LogP contribution in [0.3, 0.4) is 0 Å². The number of carbonyl (C=O) groups excluding carboxylic acids is 1. The highest BCUT2D eigenvalue weighted by Crippen LogP contribution is 2.19. The zero-order valence-corrected chi connectivity index (χ0v) is 17.7. The van der Waals surface area contributed by atoms with Crippen molar-refractivity contribution in [3.63, 3.8) is 0 Å². The molecule has 2 aromatic rings. The fourth-order valence-electron chi connectivity index (χ4n) is 2.23. The number of nitrogens with zero attached hydrogens (tertiary/aromatic N) is 2. The van der Waals surface area contributed by atoms with Gasteiger partial charge >= 0.3 is 10.1 Å². The molecule has 0 aliphatic heterocycles. The second-order valence-electron chi connectivity index (χ2n) is 6.78. The minimum atomic E-state index is -3.62. The highest BCUT2D eigenvalue weighted by molar-refractivity contribution is 7.87. The molecule has 0 fully saturated rings. The van der Waals surface area contributed by atoms with Crippen LogP contribution in [0.5, 0.6) is 5.75 Å². The summed E-state index contributed by atoms with van der Waals surface area (Å²) in [6, 6.07) is 10.5. The van der Waals surface area contributed by atoms with E-state index in [9.17, 15) is 13.2 Å². The molecule has 1 amide bonds. The van der Waals surface area contributed by atoms with Crippen molar-refractivity contribution in [1.29, 1.82) is 0 Å². The van der Waals surface area contributed by atoms with E-state index in [2.05, 4.69) is 0 Å². The average molecular weight is 411 g/mol. The first kappa shape index (κ1) is 21.4. The molecule has 8 heteroatoms. The maximum Gasteiger partial charge on any atom is 0.311 e.